The first-order valence-electron chi connectivity index (χ1n) is 9.00. The van der Waals surface area contributed by atoms with E-state index in [-0.39, 0.29) is 0 Å². The normalized spacial score (nSPS) is 15.3. The SMILES string of the molecule is O=c1oc(CCN2CCN(c3ccccc3)CC2)c(-c2ccccc2)o1. The summed E-state index contributed by atoms with van der Waals surface area (Å²) in [6, 6.07) is 20.2. The van der Waals surface area contributed by atoms with Crippen molar-refractivity contribution >= 4 is 5.69 Å². The third-order valence-electron chi connectivity index (χ3n) is 4.83. The van der Waals surface area contributed by atoms with Crippen LogP contribution < -0.4 is 10.7 Å². The van der Waals surface area contributed by atoms with Gasteiger partial charge in [0.15, 0.2) is 11.5 Å². The van der Waals surface area contributed by atoms with Crippen molar-refractivity contribution in [2.75, 3.05) is 37.6 Å². The van der Waals surface area contributed by atoms with Gasteiger partial charge in [-0.1, -0.05) is 48.5 Å². The summed E-state index contributed by atoms with van der Waals surface area (Å²) in [7, 11) is 0. The number of hydrogen-bond donors (Lipinski definition) is 0. The van der Waals surface area contributed by atoms with Crippen molar-refractivity contribution in [1.29, 1.82) is 0 Å². The fraction of sp³-hybridized carbons (Fsp3) is 0.286. The molecule has 0 unspecified atom stereocenters. The van der Waals surface area contributed by atoms with Gasteiger partial charge >= 0.3 is 5.82 Å². The molecule has 2 heterocycles. The number of piperazine rings is 1. The highest BCUT2D eigenvalue weighted by Gasteiger charge is 2.20. The molecule has 0 radical (unpaired) electrons. The first-order chi connectivity index (χ1) is 12.8. The minimum Gasteiger partial charge on any atom is -0.395 e. The molecule has 134 valence electrons. The lowest BCUT2D eigenvalue weighted by Crippen LogP contribution is -2.47. The van der Waals surface area contributed by atoms with Gasteiger partial charge < -0.3 is 13.7 Å². The predicted octanol–water partition coefficient (Wildman–Crippen LogP) is 3.26. The Morgan fingerprint density at radius 3 is 2.15 bits per heavy atom. The van der Waals surface area contributed by atoms with E-state index in [9.17, 15) is 4.79 Å². The van der Waals surface area contributed by atoms with Crippen LogP contribution in [-0.4, -0.2) is 37.6 Å². The highest BCUT2D eigenvalue weighted by molar-refractivity contribution is 5.58. The minimum atomic E-state index is -0.632. The molecule has 0 saturated carbocycles. The molecule has 2 aromatic carbocycles. The van der Waals surface area contributed by atoms with Crippen molar-refractivity contribution in [2.45, 2.75) is 6.42 Å². The summed E-state index contributed by atoms with van der Waals surface area (Å²) in [6.07, 6.45) is 0.668. The highest BCUT2D eigenvalue weighted by atomic mass is 16.6. The molecule has 0 aliphatic carbocycles. The Hall–Kier alpha value is -2.79. The van der Waals surface area contributed by atoms with E-state index in [1.54, 1.807) is 0 Å². The maximum Gasteiger partial charge on any atom is 0.519 e. The molecule has 1 aliphatic heterocycles. The largest absolute Gasteiger partial charge is 0.519 e. The number of benzene rings is 2. The second-order valence-corrected chi connectivity index (χ2v) is 6.49. The van der Waals surface area contributed by atoms with E-state index < -0.39 is 5.82 Å². The molecular weight excluding hydrogens is 328 g/mol. The number of anilines is 1. The fourth-order valence-electron chi connectivity index (χ4n) is 3.41. The van der Waals surface area contributed by atoms with Crippen molar-refractivity contribution in [1.82, 2.24) is 4.90 Å². The average molecular weight is 350 g/mol. The van der Waals surface area contributed by atoms with E-state index in [1.807, 2.05) is 36.4 Å². The third kappa shape index (κ3) is 3.73. The summed E-state index contributed by atoms with van der Waals surface area (Å²) in [6.45, 7) is 4.86. The van der Waals surface area contributed by atoms with Gasteiger partial charge in [-0.3, -0.25) is 4.90 Å². The summed E-state index contributed by atoms with van der Waals surface area (Å²) in [5.74, 6) is 0.554. The molecule has 0 atom stereocenters. The summed E-state index contributed by atoms with van der Waals surface area (Å²) in [4.78, 5) is 16.4. The number of rotatable bonds is 5. The molecule has 1 fully saturated rings. The van der Waals surface area contributed by atoms with E-state index in [4.69, 9.17) is 8.83 Å². The van der Waals surface area contributed by atoms with Gasteiger partial charge in [0.2, 0.25) is 0 Å². The van der Waals surface area contributed by atoms with Crippen LogP contribution in [0, 0.1) is 0 Å². The fourth-order valence-corrected chi connectivity index (χ4v) is 3.41. The summed E-state index contributed by atoms with van der Waals surface area (Å²) in [5.41, 5.74) is 2.15. The van der Waals surface area contributed by atoms with Crippen LogP contribution in [0.1, 0.15) is 5.76 Å². The van der Waals surface area contributed by atoms with Crippen molar-refractivity contribution in [2.24, 2.45) is 0 Å². The average Bonchev–Trinajstić information content (AvgIpc) is 3.09. The molecule has 1 aliphatic rings. The van der Waals surface area contributed by atoms with Crippen LogP contribution in [0.2, 0.25) is 0 Å². The Bertz CT molecular complexity index is 878. The van der Waals surface area contributed by atoms with Gasteiger partial charge in [0.25, 0.3) is 0 Å². The smallest absolute Gasteiger partial charge is 0.395 e. The topological polar surface area (TPSA) is 49.8 Å². The van der Waals surface area contributed by atoms with Crippen LogP contribution in [0.4, 0.5) is 5.69 Å². The van der Waals surface area contributed by atoms with Crippen LogP contribution in [0.25, 0.3) is 11.3 Å². The summed E-state index contributed by atoms with van der Waals surface area (Å²) < 4.78 is 10.6. The van der Waals surface area contributed by atoms with E-state index in [0.29, 0.717) is 17.9 Å². The van der Waals surface area contributed by atoms with E-state index in [2.05, 4.69) is 34.1 Å². The van der Waals surface area contributed by atoms with Crippen molar-refractivity contribution in [3.8, 4) is 11.3 Å². The van der Waals surface area contributed by atoms with E-state index in [1.165, 1.54) is 5.69 Å². The standard InChI is InChI=1S/C21H22N2O3/c24-21-25-19(20(26-21)17-7-3-1-4-8-17)11-12-22-13-15-23(16-14-22)18-9-5-2-6-10-18/h1-10H,11-16H2. The van der Waals surface area contributed by atoms with E-state index in [0.717, 1.165) is 38.3 Å². The van der Waals surface area contributed by atoms with Gasteiger partial charge in [-0.15, -0.1) is 0 Å². The molecule has 1 aromatic heterocycles. The van der Waals surface area contributed by atoms with E-state index >= 15 is 0 Å². The predicted molar refractivity (Wildman–Crippen MR) is 101 cm³/mol. The Balaban J connectivity index is 1.37. The second-order valence-electron chi connectivity index (χ2n) is 6.49. The van der Waals surface area contributed by atoms with Crippen LogP contribution in [0.3, 0.4) is 0 Å². The molecular formula is C21H22N2O3. The molecule has 5 nitrogen and oxygen atoms in total. The van der Waals surface area contributed by atoms with Crippen molar-refractivity contribution in [3.63, 3.8) is 0 Å². The Kier molecular flexibility index (Phi) is 4.88. The first kappa shape index (κ1) is 16.7. The molecule has 0 N–H and O–H groups in total. The van der Waals surface area contributed by atoms with Gasteiger partial charge in [0, 0.05) is 50.4 Å². The lowest BCUT2D eigenvalue weighted by molar-refractivity contribution is 0.254. The minimum absolute atomic E-state index is 0.554. The monoisotopic (exact) mass is 350 g/mol. The molecule has 4 rings (SSSR count). The highest BCUT2D eigenvalue weighted by Crippen LogP contribution is 2.23. The summed E-state index contributed by atoms with van der Waals surface area (Å²) >= 11 is 0. The van der Waals surface area contributed by atoms with Crippen molar-refractivity contribution in [3.05, 3.63) is 77.0 Å². The zero-order valence-corrected chi connectivity index (χ0v) is 14.6. The number of nitrogens with zero attached hydrogens (tertiary/aromatic N) is 2. The Labute approximate surface area is 152 Å². The lowest BCUT2D eigenvalue weighted by atomic mass is 10.1. The second kappa shape index (κ2) is 7.62. The Morgan fingerprint density at radius 2 is 1.46 bits per heavy atom. The van der Waals surface area contributed by atoms with Gasteiger partial charge in [-0.2, -0.15) is 0 Å². The van der Waals surface area contributed by atoms with Crippen LogP contribution in [0.5, 0.6) is 0 Å². The van der Waals surface area contributed by atoms with Gasteiger partial charge in [-0.25, -0.2) is 4.79 Å². The summed E-state index contributed by atoms with van der Waals surface area (Å²) in [5, 5.41) is 0. The third-order valence-corrected chi connectivity index (χ3v) is 4.83. The zero-order chi connectivity index (χ0) is 17.8. The molecule has 0 amide bonds. The molecule has 0 bridgehead atoms. The maximum atomic E-state index is 11.6. The Morgan fingerprint density at radius 1 is 0.808 bits per heavy atom. The van der Waals surface area contributed by atoms with Crippen LogP contribution >= 0.6 is 0 Å². The van der Waals surface area contributed by atoms with Crippen LogP contribution in [-0.2, 0) is 6.42 Å². The molecule has 26 heavy (non-hydrogen) atoms. The van der Waals surface area contributed by atoms with Gasteiger partial charge in [0.05, 0.1) is 0 Å². The zero-order valence-electron chi connectivity index (χ0n) is 14.6. The van der Waals surface area contributed by atoms with Gasteiger partial charge in [-0.05, 0) is 12.1 Å². The quantitative estimate of drug-likeness (QED) is 0.707. The number of para-hydroxylation sites is 1. The molecule has 5 heteroatoms. The van der Waals surface area contributed by atoms with Crippen molar-refractivity contribution < 1.29 is 8.83 Å². The van der Waals surface area contributed by atoms with Gasteiger partial charge in [0.1, 0.15) is 0 Å². The molecule has 3 aromatic rings. The number of hydrogen-bond acceptors (Lipinski definition) is 5. The first-order valence-corrected chi connectivity index (χ1v) is 9.00. The maximum absolute atomic E-state index is 11.6. The molecule has 0 spiro atoms. The van der Waals surface area contributed by atoms with Crippen LogP contribution in [0.15, 0.2) is 74.3 Å². The molecule has 1 saturated heterocycles. The lowest BCUT2D eigenvalue weighted by Gasteiger charge is -2.36.